The number of ether oxygens (including phenoxy) is 5. The Balaban J connectivity index is -0.0000116. The van der Waals surface area contributed by atoms with Crippen molar-refractivity contribution < 1.29 is 92.7 Å². The van der Waals surface area contributed by atoms with Crippen molar-refractivity contribution in [2.45, 2.75) is 128 Å². The number of methoxy groups -OCH3 is 1. The van der Waals surface area contributed by atoms with Crippen LogP contribution in [0.15, 0.2) is 0 Å². The van der Waals surface area contributed by atoms with Gasteiger partial charge in [0.15, 0.2) is 0 Å². The Hall–Kier alpha value is -4.40. The normalized spacial score (nSPS) is 17.9. The summed E-state index contributed by atoms with van der Waals surface area (Å²) in [6.45, 7) is 7.86. The van der Waals surface area contributed by atoms with Crippen LogP contribution in [0.2, 0.25) is 0 Å². The average Bonchev–Trinajstić information content (AvgIpc) is 3.58. The van der Waals surface area contributed by atoms with E-state index in [0.717, 1.165) is 14.0 Å². The number of esters is 4. The fourth-order valence-electron chi connectivity index (χ4n) is 7.12. The van der Waals surface area contributed by atoms with Gasteiger partial charge in [0.25, 0.3) is 0 Å². The van der Waals surface area contributed by atoms with Crippen LogP contribution < -0.4 is 0 Å². The maximum atomic E-state index is 13.6. The predicted molar refractivity (Wildman–Crippen MR) is 222 cm³/mol. The smallest absolute Gasteiger partial charge is 0.311 e. The number of carbonyl (C=O) groups excluding carboxylic acids is 5. The molecule has 1 aliphatic rings. The molecule has 1 heterocycles. The largest absolute Gasteiger partial charge is 0.481 e. The van der Waals surface area contributed by atoms with E-state index in [1.807, 2.05) is 0 Å². The van der Waals surface area contributed by atoms with E-state index >= 15 is 0 Å². The first kappa shape index (κ1) is 61.9. The summed E-state index contributed by atoms with van der Waals surface area (Å²) in [5.41, 5.74) is -4.40. The molecule has 6 N–H and O–H groups in total. The molecule has 20 nitrogen and oxygen atoms in total. The highest BCUT2D eigenvalue weighted by Crippen LogP contribution is 2.46. The van der Waals surface area contributed by atoms with Crippen LogP contribution in [0, 0.1) is 39.9 Å². The maximum absolute atomic E-state index is 13.6. The van der Waals surface area contributed by atoms with Crippen molar-refractivity contribution in [1.82, 2.24) is 4.90 Å². The second-order valence-corrected chi connectivity index (χ2v) is 16.4. The molecule has 362 valence electrons. The zero-order valence-corrected chi connectivity index (χ0v) is 35.2. The molecule has 0 spiro atoms. The number of aliphatic carboxylic acids is 3. The number of hydrogen-bond donors (Lipinski definition) is 6. The molecule has 0 aromatic rings. The van der Waals surface area contributed by atoms with Crippen molar-refractivity contribution in [1.29, 1.82) is 0 Å². The number of hydrogen-bond acceptors (Lipinski definition) is 16. The summed E-state index contributed by atoms with van der Waals surface area (Å²) >= 11 is 0. The number of nitrogens with zero attached hydrogens (tertiary/aromatic N) is 1. The molecule has 1 amide bonds. The summed E-state index contributed by atoms with van der Waals surface area (Å²) in [5.74, 6) is -14.3. The third-order valence-electron chi connectivity index (χ3n) is 10.8. The molecule has 9 unspecified atom stereocenters. The lowest BCUT2D eigenvalue weighted by Crippen LogP contribution is -2.45. The quantitative estimate of drug-likeness (QED) is 0.0486. The zero-order valence-electron chi connectivity index (χ0n) is 35.2. The van der Waals surface area contributed by atoms with Crippen molar-refractivity contribution in [2.75, 3.05) is 53.2 Å². The van der Waals surface area contributed by atoms with E-state index in [-0.39, 0.29) is 60.6 Å². The van der Waals surface area contributed by atoms with Crippen LogP contribution in [0.5, 0.6) is 0 Å². The number of carboxylic acids is 3. The Kier molecular flexibility index (Phi) is 27.6. The monoisotopic (exact) mass is 897 g/mol. The van der Waals surface area contributed by atoms with Crippen LogP contribution in [-0.4, -0.2) is 155 Å². The number of carbonyl (C=O) groups is 8. The SMILES string of the molecule is C.C.C.CCC(C)(CC(C)(CC(C)(C)C(=O)OCC(O)COC(=O)C(C)C(CC(OC)C(C(=O)O)C(C)C(=O)O)C(=O)O)C(=O)OCC(O)CO)C(=O)OCCN1CCCC1=O. The molecule has 62 heavy (non-hydrogen) atoms. The van der Waals surface area contributed by atoms with Gasteiger partial charge in [0.1, 0.15) is 38.6 Å². The van der Waals surface area contributed by atoms with Crippen molar-refractivity contribution >= 4 is 47.7 Å². The predicted octanol–water partition coefficient (Wildman–Crippen LogP) is 2.80. The molecule has 1 rings (SSSR count). The molecular formula is C42H75NO19. The first-order valence-electron chi connectivity index (χ1n) is 19.4. The van der Waals surface area contributed by atoms with Gasteiger partial charge in [-0.3, -0.25) is 38.4 Å². The van der Waals surface area contributed by atoms with Crippen LogP contribution in [0.4, 0.5) is 0 Å². The second-order valence-electron chi connectivity index (χ2n) is 16.4. The maximum Gasteiger partial charge on any atom is 0.311 e. The van der Waals surface area contributed by atoms with Crippen LogP contribution in [0.1, 0.15) is 109 Å². The topological polar surface area (TPSA) is 307 Å². The average molecular weight is 898 g/mol. The van der Waals surface area contributed by atoms with Gasteiger partial charge in [-0.1, -0.05) is 43.1 Å². The van der Waals surface area contributed by atoms with E-state index < -0.39 is 133 Å². The number of aliphatic hydroxyl groups is 3. The fraction of sp³-hybridized carbons (Fsp3) is 0.810. The molecule has 0 saturated carbocycles. The third kappa shape index (κ3) is 18.1. The van der Waals surface area contributed by atoms with E-state index in [0.29, 0.717) is 19.4 Å². The molecule has 20 heteroatoms. The van der Waals surface area contributed by atoms with Crippen molar-refractivity contribution in [3.8, 4) is 0 Å². The third-order valence-corrected chi connectivity index (χ3v) is 10.8. The fourth-order valence-corrected chi connectivity index (χ4v) is 7.12. The molecule has 0 bridgehead atoms. The number of rotatable bonds is 28. The molecule has 9 atom stereocenters. The Labute approximate surface area is 365 Å². The van der Waals surface area contributed by atoms with Gasteiger partial charge in [0, 0.05) is 20.1 Å². The summed E-state index contributed by atoms with van der Waals surface area (Å²) in [4.78, 5) is 102. The van der Waals surface area contributed by atoms with E-state index in [1.165, 1.54) is 27.7 Å². The van der Waals surface area contributed by atoms with Crippen LogP contribution in [0.3, 0.4) is 0 Å². The van der Waals surface area contributed by atoms with Crippen molar-refractivity contribution in [2.24, 2.45) is 39.9 Å². The van der Waals surface area contributed by atoms with Gasteiger partial charge in [-0.2, -0.15) is 0 Å². The van der Waals surface area contributed by atoms with E-state index in [4.69, 9.17) is 23.7 Å². The highest BCUT2D eigenvalue weighted by Gasteiger charge is 2.50. The molecule has 0 radical (unpaired) electrons. The van der Waals surface area contributed by atoms with Crippen molar-refractivity contribution in [3.63, 3.8) is 0 Å². The van der Waals surface area contributed by atoms with Crippen LogP contribution >= 0.6 is 0 Å². The molecule has 0 aromatic heterocycles. The Bertz CT molecular complexity index is 1490. The summed E-state index contributed by atoms with van der Waals surface area (Å²) in [7, 11) is 1.08. The highest BCUT2D eigenvalue weighted by molar-refractivity contribution is 5.84. The Morgan fingerprint density at radius 2 is 1.26 bits per heavy atom. The minimum absolute atomic E-state index is 0. The molecule has 0 aromatic carbocycles. The van der Waals surface area contributed by atoms with Gasteiger partial charge in [-0.15, -0.1) is 0 Å². The summed E-state index contributed by atoms with van der Waals surface area (Å²) in [6.07, 6.45) is -4.16. The molecule has 1 saturated heterocycles. The molecule has 1 aliphatic heterocycles. The Morgan fingerprint density at radius 1 is 0.726 bits per heavy atom. The van der Waals surface area contributed by atoms with Crippen molar-refractivity contribution in [3.05, 3.63) is 0 Å². The minimum Gasteiger partial charge on any atom is -0.481 e. The lowest BCUT2D eigenvalue weighted by atomic mass is 9.65. The number of carboxylic acid groups (broad SMARTS) is 3. The van der Waals surface area contributed by atoms with Gasteiger partial charge in [0.05, 0.1) is 59.2 Å². The first-order valence-corrected chi connectivity index (χ1v) is 19.4. The zero-order chi connectivity index (χ0) is 45.5. The minimum atomic E-state index is -1.65. The molecular weight excluding hydrogens is 822 g/mol. The van der Waals surface area contributed by atoms with Gasteiger partial charge in [-0.05, 0) is 59.8 Å². The van der Waals surface area contributed by atoms with Gasteiger partial charge in [-0.25, -0.2) is 0 Å². The standard InChI is InChI=1S/C39H63NO19.3CH4/c1-9-38(6,35(53)56-14-13-40-12-10-11-28(40)44)21-39(7,36(54)59-17-24(42)16-41)20-37(4,5)34(52)58-19-25(43)18-57-33(51)22(2)26(31(47)48)15-27(55-8)29(32(49)50)23(3)30(45)46;;;/h22-27,29,41-43H,9-21H2,1-8H3,(H,45,46)(H,47,48)(H,49,50);3*1H4. The summed E-state index contributed by atoms with van der Waals surface area (Å²) < 4.78 is 26.4. The van der Waals surface area contributed by atoms with E-state index in [1.54, 1.807) is 18.7 Å². The second kappa shape index (κ2) is 27.6. The van der Waals surface area contributed by atoms with E-state index in [2.05, 4.69) is 0 Å². The van der Waals surface area contributed by atoms with Crippen LogP contribution in [0.25, 0.3) is 0 Å². The van der Waals surface area contributed by atoms with Crippen LogP contribution in [-0.2, 0) is 62.0 Å². The summed E-state index contributed by atoms with van der Waals surface area (Å²) in [6, 6.07) is 0. The number of amides is 1. The summed E-state index contributed by atoms with van der Waals surface area (Å²) in [5, 5.41) is 58.4. The lowest BCUT2D eigenvalue weighted by Gasteiger charge is -2.39. The molecule has 0 aliphatic carbocycles. The lowest BCUT2D eigenvalue weighted by molar-refractivity contribution is -0.172. The van der Waals surface area contributed by atoms with Gasteiger partial charge in [0.2, 0.25) is 5.91 Å². The first-order chi connectivity index (χ1) is 27.3. The molecule has 1 fully saturated rings. The van der Waals surface area contributed by atoms with E-state index in [9.17, 15) is 69.0 Å². The number of aliphatic hydroxyl groups excluding tert-OH is 3. The van der Waals surface area contributed by atoms with Gasteiger partial charge >= 0.3 is 41.8 Å². The number of likely N-dealkylation sites (tertiary alicyclic amines) is 1. The Morgan fingerprint density at radius 3 is 1.73 bits per heavy atom. The highest BCUT2D eigenvalue weighted by atomic mass is 16.6. The van der Waals surface area contributed by atoms with Gasteiger partial charge < -0.3 is 59.2 Å².